The van der Waals surface area contributed by atoms with Gasteiger partial charge in [-0.1, -0.05) is 0 Å². The predicted molar refractivity (Wildman–Crippen MR) is 88.1 cm³/mol. The first-order valence-electron chi connectivity index (χ1n) is 7.24. The Morgan fingerprint density at radius 1 is 1.30 bits per heavy atom. The van der Waals surface area contributed by atoms with Gasteiger partial charge in [-0.15, -0.1) is 0 Å². The average Bonchev–Trinajstić information content (AvgIpc) is 2.85. The molecular formula is C16H22N4O3. The van der Waals surface area contributed by atoms with Gasteiger partial charge in [-0.3, -0.25) is 4.68 Å². The molecule has 2 N–H and O–H groups in total. The molecule has 1 aromatic heterocycles. The van der Waals surface area contributed by atoms with Crippen molar-refractivity contribution < 1.29 is 14.3 Å². The zero-order valence-corrected chi connectivity index (χ0v) is 14.0. The largest absolute Gasteiger partial charge is 0.497 e. The molecule has 0 fully saturated rings. The number of rotatable bonds is 5. The Morgan fingerprint density at radius 3 is 2.61 bits per heavy atom. The predicted octanol–water partition coefficient (Wildman–Crippen LogP) is 2.63. The molecule has 0 radical (unpaired) electrons. The Hall–Kier alpha value is -2.70. The van der Waals surface area contributed by atoms with Crippen molar-refractivity contribution in [2.75, 3.05) is 19.5 Å². The molecule has 1 atom stereocenters. The molecule has 0 aliphatic heterocycles. The van der Waals surface area contributed by atoms with E-state index in [1.165, 1.54) is 0 Å². The topological polar surface area (TPSA) is 77.4 Å². The quantitative estimate of drug-likeness (QED) is 0.888. The highest BCUT2D eigenvalue weighted by molar-refractivity contribution is 5.91. The summed E-state index contributed by atoms with van der Waals surface area (Å²) in [6.07, 6.45) is 1.90. The van der Waals surface area contributed by atoms with E-state index in [1.54, 1.807) is 37.1 Å². The van der Waals surface area contributed by atoms with Gasteiger partial charge in [0.1, 0.15) is 11.5 Å². The summed E-state index contributed by atoms with van der Waals surface area (Å²) >= 11 is 0. The van der Waals surface area contributed by atoms with Gasteiger partial charge < -0.3 is 20.1 Å². The van der Waals surface area contributed by atoms with Crippen LogP contribution in [-0.4, -0.2) is 30.0 Å². The summed E-state index contributed by atoms with van der Waals surface area (Å²) in [4.78, 5) is 12.2. The van der Waals surface area contributed by atoms with Crippen molar-refractivity contribution in [3.8, 4) is 11.5 Å². The third-order valence-corrected chi connectivity index (χ3v) is 3.52. The van der Waals surface area contributed by atoms with Crippen molar-refractivity contribution in [2.24, 2.45) is 7.05 Å². The van der Waals surface area contributed by atoms with Gasteiger partial charge in [0, 0.05) is 24.9 Å². The van der Waals surface area contributed by atoms with Crippen LogP contribution in [0, 0.1) is 6.92 Å². The first kappa shape index (κ1) is 16.7. The fourth-order valence-corrected chi connectivity index (χ4v) is 2.39. The van der Waals surface area contributed by atoms with Crippen LogP contribution in [0.5, 0.6) is 11.5 Å². The van der Waals surface area contributed by atoms with Crippen molar-refractivity contribution >= 4 is 11.7 Å². The van der Waals surface area contributed by atoms with E-state index in [4.69, 9.17) is 9.47 Å². The number of hydrogen-bond acceptors (Lipinski definition) is 4. The molecular weight excluding hydrogens is 296 g/mol. The van der Waals surface area contributed by atoms with E-state index in [0.717, 1.165) is 11.3 Å². The number of nitrogens with one attached hydrogen (secondary N) is 2. The van der Waals surface area contributed by atoms with Gasteiger partial charge in [-0.25, -0.2) is 4.79 Å². The Labute approximate surface area is 135 Å². The molecule has 124 valence electrons. The number of carbonyl (C=O) groups is 1. The minimum absolute atomic E-state index is 0.166. The molecule has 1 unspecified atom stereocenters. The Morgan fingerprint density at radius 2 is 2.04 bits per heavy atom. The van der Waals surface area contributed by atoms with Gasteiger partial charge >= 0.3 is 6.03 Å². The second-order valence-corrected chi connectivity index (χ2v) is 5.23. The molecule has 7 nitrogen and oxygen atoms in total. The first-order valence-corrected chi connectivity index (χ1v) is 7.24. The van der Waals surface area contributed by atoms with Crippen LogP contribution in [0.15, 0.2) is 24.4 Å². The fraction of sp³-hybridized carbons (Fsp3) is 0.375. The second kappa shape index (κ2) is 7.04. The van der Waals surface area contributed by atoms with E-state index in [2.05, 4.69) is 15.7 Å². The van der Waals surface area contributed by atoms with Crippen LogP contribution in [0.1, 0.15) is 24.2 Å². The van der Waals surface area contributed by atoms with Gasteiger partial charge in [0.25, 0.3) is 0 Å². The third kappa shape index (κ3) is 3.94. The van der Waals surface area contributed by atoms with Gasteiger partial charge in [0.05, 0.1) is 31.6 Å². The van der Waals surface area contributed by atoms with Crippen molar-refractivity contribution in [1.82, 2.24) is 15.1 Å². The molecule has 2 amide bonds. The second-order valence-electron chi connectivity index (χ2n) is 5.23. The number of ether oxygens (including phenoxy) is 2. The molecule has 0 bridgehead atoms. The minimum Gasteiger partial charge on any atom is -0.497 e. The van der Waals surface area contributed by atoms with Gasteiger partial charge in [0.2, 0.25) is 0 Å². The van der Waals surface area contributed by atoms with E-state index in [-0.39, 0.29) is 12.1 Å². The lowest BCUT2D eigenvalue weighted by Crippen LogP contribution is -2.31. The number of anilines is 1. The molecule has 2 rings (SSSR count). The molecule has 7 heteroatoms. The number of hydrogen-bond donors (Lipinski definition) is 2. The van der Waals surface area contributed by atoms with Crippen LogP contribution in [-0.2, 0) is 7.05 Å². The lowest BCUT2D eigenvalue weighted by molar-refractivity contribution is 0.249. The Bertz CT molecular complexity index is 697. The Kier molecular flexibility index (Phi) is 5.10. The summed E-state index contributed by atoms with van der Waals surface area (Å²) in [5.41, 5.74) is 2.40. The number of aromatic nitrogens is 2. The fourth-order valence-electron chi connectivity index (χ4n) is 2.39. The zero-order chi connectivity index (χ0) is 17.0. The molecule has 1 aromatic carbocycles. The highest BCUT2D eigenvalue weighted by atomic mass is 16.5. The molecule has 0 spiro atoms. The van der Waals surface area contributed by atoms with Crippen LogP contribution in [0.25, 0.3) is 0 Å². The first-order chi connectivity index (χ1) is 10.9. The molecule has 0 aliphatic rings. The van der Waals surface area contributed by atoms with Gasteiger partial charge in [-0.05, 0) is 26.0 Å². The van der Waals surface area contributed by atoms with Crippen molar-refractivity contribution in [1.29, 1.82) is 0 Å². The number of amides is 2. The zero-order valence-electron chi connectivity index (χ0n) is 14.0. The molecule has 0 aliphatic carbocycles. The number of nitrogens with zero attached hydrogens (tertiary/aromatic N) is 2. The summed E-state index contributed by atoms with van der Waals surface area (Å²) in [5, 5.41) is 9.95. The third-order valence-electron chi connectivity index (χ3n) is 3.52. The van der Waals surface area contributed by atoms with Gasteiger partial charge in [-0.2, -0.15) is 5.10 Å². The number of carbonyl (C=O) groups excluding carboxylic acids is 1. The lowest BCUT2D eigenvalue weighted by Gasteiger charge is -2.16. The summed E-state index contributed by atoms with van der Waals surface area (Å²) in [6, 6.07) is 4.72. The van der Waals surface area contributed by atoms with Crippen LogP contribution >= 0.6 is 0 Å². The molecule has 2 aromatic rings. The van der Waals surface area contributed by atoms with Crippen LogP contribution in [0.4, 0.5) is 10.5 Å². The molecule has 23 heavy (non-hydrogen) atoms. The van der Waals surface area contributed by atoms with Crippen molar-refractivity contribution in [3.05, 3.63) is 35.7 Å². The molecule has 0 saturated heterocycles. The van der Waals surface area contributed by atoms with Crippen LogP contribution in [0.3, 0.4) is 0 Å². The molecule has 0 saturated carbocycles. The monoisotopic (exact) mass is 318 g/mol. The summed E-state index contributed by atoms with van der Waals surface area (Å²) in [5.74, 6) is 1.20. The van der Waals surface area contributed by atoms with E-state index < -0.39 is 0 Å². The Balaban J connectivity index is 2.09. The summed E-state index contributed by atoms with van der Waals surface area (Å²) in [7, 11) is 4.97. The highest BCUT2D eigenvalue weighted by Crippen LogP contribution is 2.29. The maximum atomic E-state index is 12.2. The minimum atomic E-state index is -0.327. The van der Waals surface area contributed by atoms with E-state index >= 15 is 0 Å². The smallest absolute Gasteiger partial charge is 0.319 e. The number of methoxy groups -OCH3 is 2. The number of urea groups is 1. The van der Waals surface area contributed by atoms with Crippen molar-refractivity contribution in [2.45, 2.75) is 19.9 Å². The van der Waals surface area contributed by atoms with E-state index in [9.17, 15) is 4.79 Å². The highest BCUT2D eigenvalue weighted by Gasteiger charge is 2.15. The van der Waals surface area contributed by atoms with Crippen LogP contribution in [0.2, 0.25) is 0 Å². The number of benzene rings is 1. The molecule has 1 heterocycles. The average molecular weight is 318 g/mol. The summed E-state index contributed by atoms with van der Waals surface area (Å²) in [6.45, 7) is 3.82. The lowest BCUT2D eigenvalue weighted by atomic mass is 10.1. The van der Waals surface area contributed by atoms with E-state index in [0.29, 0.717) is 17.2 Å². The maximum absolute atomic E-state index is 12.2. The van der Waals surface area contributed by atoms with Crippen molar-refractivity contribution in [3.63, 3.8) is 0 Å². The van der Waals surface area contributed by atoms with Gasteiger partial charge in [0.15, 0.2) is 0 Å². The van der Waals surface area contributed by atoms with E-state index in [1.807, 2.05) is 27.1 Å². The maximum Gasteiger partial charge on any atom is 0.319 e. The van der Waals surface area contributed by atoms with Crippen LogP contribution < -0.4 is 20.1 Å². The number of aryl methyl sites for hydroxylation is 2. The SMILES string of the molecule is COc1ccc(OC)c(NC(=O)NC(C)c2cn(C)nc2C)c1. The normalized spacial score (nSPS) is 11.7. The standard InChI is InChI=1S/C16H22N4O3/c1-10(13-9-20(3)19-11(13)2)17-16(21)18-14-8-12(22-4)6-7-15(14)23-5/h6-10H,1-5H3,(H2,17,18,21). The summed E-state index contributed by atoms with van der Waals surface area (Å²) < 4.78 is 12.1.